The van der Waals surface area contributed by atoms with E-state index in [2.05, 4.69) is 20.9 Å². The molecule has 0 aromatic carbocycles. The van der Waals surface area contributed by atoms with E-state index >= 15 is 0 Å². The van der Waals surface area contributed by atoms with Gasteiger partial charge in [0.05, 0.1) is 12.6 Å². The van der Waals surface area contributed by atoms with Crippen LogP contribution in [0.5, 0.6) is 5.88 Å². The Balaban J connectivity index is 1.87. The first-order chi connectivity index (χ1) is 12.4. The number of rotatable bonds is 2. The lowest BCUT2D eigenvalue weighted by Gasteiger charge is -2.49. The summed E-state index contributed by atoms with van der Waals surface area (Å²) in [6, 6.07) is 0. The van der Waals surface area contributed by atoms with Crippen molar-refractivity contribution in [2.75, 3.05) is 12.9 Å². The molecule has 0 amide bonds. The van der Waals surface area contributed by atoms with Gasteiger partial charge in [0.1, 0.15) is 12.0 Å². The van der Waals surface area contributed by atoms with E-state index in [1.165, 1.54) is 17.8 Å². The molecule has 2 N–H and O–H groups in total. The number of nitrogens with zero attached hydrogens (tertiary/aromatic N) is 2. The average Bonchev–Trinajstić information content (AvgIpc) is 2.60. The molecule has 0 fully saturated rings. The van der Waals surface area contributed by atoms with Gasteiger partial charge >= 0.3 is 0 Å². The number of amidine groups is 1. The van der Waals surface area contributed by atoms with Crippen LogP contribution >= 0.6 is 27.7 Å². The highest BCUT2D eigenvalue weighted by Crippen LogP contribution is 2.51. The second-order valence-electron chi connectivity index (χ2n) is 6.78. The predicted molar refractivity (Wildman–Crippen MR) is 103 cm³/mol. The molecular formula is C18H18BrF2N3OS. The van der Waals surface area contributed by atoms with Gasteiger partial charge in [-0.3, -0.25) is 4.99 Å². The number of fused-ring (bicyclic) bond motifs is 2. The standard InChI is InChI=1S/C18H18BrF2N3OS/c1-25-16-12-6-18(13-3-2-10(20)5-15(13)21)9(8-26-17(22)24-18)4-11(12)14(19)7-23-16/h2-3,5,7,9,13,15H,4,6,8H2,1H3,(H2,22,24)/t9-,13?,15?,18-/m0/s1. The smallest absolute Gasteiger partial charge is 0.216 e. The number of pyridine rings is 1. The molecule has 4 atom stereocenters. The van der Waals surface area contributed by atoms with Crippen LogP contribution in [0.15, 0.2) is 39.7 Å². The Hall–Kier alpha value is -1.41. The van der Waals surface area contributed by atoms with Crippen LogP contribution in [0.2, 0.25) is 0 Å². The summed E-state index contributed by atoms with van der Waals surface area (Å²) in [6.45, 7) is 0. The van der Waals surface area contributed by atoms with Crippen molar-refractivity contribution in [3.05, 3.63) is 45.9 Å². The van der Waals surface area contributed by atoms with Crippen molar-refractivity contribution in [3.8, 4) is 5.88 Å². The number of nitrogens with two attached hydrogens (primary N) is 1. The Morgan fingerprint density at radius 3 is 2.96 bits per heavy atom. The maximum Gasteiger partial charge on any atom is 0.216 e. The van der Waals surface area contributed by atoms with Crippen molar-refractivity contribution in [2.45, 2.75) is 24.6 Å². The molecule has 0 saturated heterocycles. The van der Waals surface area contributed by atoms with E-state index in [9.17, 15) is 8.78 Å². The van der Waals surface area contributed by atoms with E-state index in [-0.39, 0.29) is 5.92 Å². The van der Waals surface area contributed by atoms with Crippen LogP contribution in [0, 0.1) is 11.8 Å². The number of methoxy groups -OCH3 is 1. The fraction of sp³-hybridized carbons (Fsp3) is 0.444. The number of ether oxygens (including phenoxy) is 1. The third kappa shape index (κ3) is 2.78. The van der Waals surface area contributed by atoms with Crippen molar-refractivity contribution in [2.24, 2.45) is 22.6 Å². The number of thioether (sulfide) groups is 1. The summed E-state index contributed by atoms with van der Waals surface area (Å²) in [5, 5.41) is 0.447. The number of allylic oxidation sites excluding steroid dienone is 3. The molecule has 26 heavy (non-hydrogen) atoms. The van der Waals surface area contributed by atoms with Gasteiger partial charge in [-0.2, -0.15) is 0 Å². The first-order valence-corrected chi connectivity index (χ1v) is 10.1. The zero-order valence-electron chi connectivity index (χ0n) is 14.1. The molecule has 0 radical (unpaired) electrons. The quantitative estimate of drug-likeness (QED) is 0.758. The predicted octanol–water partition coefficient (Wildman–Crippen LogP) is 3.75. The van der Waals surface area contributed by atoms with Crippen LogP contribution in [0.25, 0.3) is 0 Å². The van der Waals surface area contributed by atoms with Gasteiger partial charge in [0.25, 0.3) is 0 Å². The highest BCUT2D eigenvalue weighted by molar-refractivity contribution is 9.10. The zero-order valence-corrected chi connectivity index (χ0v) is 16.5. The summed E-state index contributed by atoms with van der Waals surface area (Å²) in [6.07, 6.45) is 5.39. The third-order valence-corrected chi connectivity index (χ3v) is 7.11. The molecule has 0 bridgehead atoms. The molecule has 4 rings (SSSR count). The first kappa shape index (κ1) is 18.0. The van der Waals surface area contributed by atoms with E-state index in [1.807, 2.05) is 0 Å². The fourth-order valence-corrected chi connectivity index (χ4v) is 5.77. The second kappa shape index (κ2) is 6.64. The normalized spacial score (nSPS) is 33.0. The molecule has 8 heteroatoms. The van der Waals surface area contributed by atoms with Crippen molar-refractivity contribution in [1.29, 1.82) is 0 Å². The maximum atomic E-state index is 14.9. The summed E-state index contributed by atoms with van der Waals surface area (Å²) in [7, 11) is 1.57. The van der Waals surface area contributed by atoms with Crippen molar-refractivity contribution >= 4 is 32.9 Å². The Morgan fingerprint density at radius 2 is 2.23 bits per heavy atom. The van der Waals surface area contributed by atoms with Gasteiger partial charge in [0.15, 0.2) is 5.17 Å². The van der Waals surface area contributed by atoms with Crippen LogP contribution in [0.4, 0.5) is 8.78 Å². The number of hydrogen-bond acceptors (Lipinski definition) is 5. The number of hydrogen-bond donors (Lipinski definition) is 1. The van der Waals surface area contributed by atoms with Crippen molar-refractivity contribution < 1.29 is 13.5 Å². The van der Waals surface area contributed by atoms with E-state index < -0.39 is 23.5 Å². The highest BCUT2D eigenvalue weighted by atomic mass is 79.9. The molecular weight excluding hydrogens is 424 g/mol. The van der Waals surface area contributed by atoms with Gasteiger partial charge < -0.3 is 10.5 Å². The monoisotopic (exact) mass is 441 g/mol. The molecule has 0 spiro atoms. The Kier molecular flexibility index (Phi) is 4.59. The maximum absolute atomic E-state index is 14.9. The molecule has 0 saturated carbocycles. The lowest BCUT2D eigenvalue weighted by Crippen LogP contribution is -2.55. The van der Waals surface area contributed by atoms with Gasteiger partial charge in [-0.15, -0.1) is 0 Å². The Morgan fingerprint density at radius 1 is 1.42 bits per heavy atom. The lowest BCUT2D eigenvalue weighted by molar-refractivity contribution is 0.142. The van der Waals surface area contributed by atoms with Gasteiger partial charge in [0.2, 0.25) is 5.88 Å². The molecule has 1 aliphatic heterocycles. The minimum absolute atomic E-state index is 0.0816. The van der Waals surface area contributed by atoms with Gasteiger partial charge in [-0.05, 0) is 46.0 Å². The number of aliphatic imine (C=N–C) groups is 1. The zero-order chi connectivity index (χ0) is 18.5. The van der Waals surface area contributed by atoms with Crippen LogP contribution < -0.4 is 10.5 Å². The SMILES string of the molecule is COc1ncc(Br)c2c1C[C@]1(C3C=CC(F)=CC3F)N=C(N)SC[C@@H]1C2. The summed E-state index contributed by atoms with van der Waals surface area (Å²) in [5.41, 5.74) is 7.31. The van der Waals surface area contributed by atoms with E-state index in [1.54, 1.807) is 19.4 Å². The molecule has 1 aromatic rings. The molecule has 4 nitrogen and oxygen atoms in total. The lowest BCUT2D eigenvalue weighted by atomic mass is 9.63. The molecule has 2 unspecified atom stereocenters. The molecule has 1 aromatic heterocycles. The third-order valence-electron chi connectivity index (χ3n) is 5.47. The van der Waals surface area contributed by atoms with E-state index in [4.69, 9.17) is 15.5 Å². The largest absolute Gasteiger partial charge is 0.481 e. The Labute approximate surface area is 163 Å². The van der Waals surface area contributed by atoms with Crippen LogP contribution in [0.3, 0.4) is 0 Å². The van der Waals surface area contributed by atoms with Crippen LogP contribution in [-0.4, -0.2) is 34.7 Å². The molecule has 3 aliphatic rings. The van der Waals surface area contributed by atoms with E-state index in [0.29, 0.717) is 23.9 Å². The van der Waals surface area contributed by atoms with Crippen molar-refractivity contribution in [3.63, 3.8) is 0 Å². The van der Waals surface area contributed by atoms with Gasteiger partial charge in [-0.25, -0.2) is 13.8 Å². The van der Waals surface area contributed by atoms with E-state index in [0.717, 1.165) is 27.4 Å². The number of aromatic nitrogens is 1. The van der Waals surface area contributed by atoms with Crippen LogP contribution in [-0.2, 0) is 12.8 Å². The fourth-order valence-electron chi connectivity index (χ4n) is 4.25. The minimum atomic E-state index is -1.45. The summed E-state index contributed by atoms with van der Waals surface area (Å²) < 4.78 is 34.8. The average molecular weight is 442 g/mol. The summed E-state index contributed by atoms with van der Waals surface area (Å²) >= 11 is 5.06. The van der Waals surface area contributed by atoms with Crippen LogP contribution in [0.1, 0.15) is 11.1 Å². The minimum Gasteiger partial charge on any atom is -0.481 e. The van der Waals surface area contributed by atoms with Gasteiger partial charge in [-0.1, -0.05) is 17.8 Å². The summed E-state index contributed by atoms with van der Waals surface area (Å²) in [4.78, 5) is 9.09. The summed E-state index contributed by atoms with van der Waals surface area (Å²) in [5.74, 6) is 0.211. The van der Waals surface area contributed by atoms with Gasteiger partial charge in [0, 0.05) is 34.3 Å². The second-order valence-corrected chi connectivity index (χ2v) is 8.68. The Bertz CT molecular complexity index is 844. The van der Waals surface area contributed by atoms with Crippen molar-refractivity contribution in [1.82, 2.24) is 4.98 Å². The molecule has 138 valence electrons. The topological polar surface area (TPSA) is 60.5 Å². The number of alkyl halides is 1. The molecule has 2 aliphatic carbocycles. The highest BCUT2D eigenvalue weighted by Gasteiger charge is 2.53. The number of halogens is 3. The first-order valence-electron chi connectivity index (χ1n) is 8.32. The molecule has 2 heterocycles.